The van der Waals surface area contributed by atoms with E-state index in [2.05, 4.69) is 22.9 Å². The van der Waals surface area contributed by atoms with Gasteiger partial charge in [0.2, 0.25) is 10.0 Å². The number of hydrogen-bond acceptors (Lipinski definition) is 2. The third-order valence-electron chi connectivity index (χ3n) is 3.31. The molecule has 0 aliphatic carbocycles. The van der Waals surface area contributed by atoms with Gasteiger partial charge in [-0.1, -0.05) is 31.9 Å². The van der Waals surface area contributed by atoms with E-state index in [0.717, 1.165) is 19.3 Å². The highest BCUT2D eigenvalue weighted by Crippen LogP contribution is 2.28. The molecule has 0 aliphatic heterocycles. The topological polar surface area (TPSA) is 37.4 Å². The molecule has 20 heavy (non-hydrogen) atoms. The average Bonchev–Trinajstić information content (AvgIpc) is 2.41. The Morgan fingerprint density at radius 2 is 2.00 bits per heavy atom. The van der Waals surface area contributed by atoms with E-state index in [1.165, 1.54) is 0 Å². The molecular formula is C14H21BrClNO2S. The first-order valence-corrected chi connectivity index (χ1v) is 9.42. The molecule has 0 saturated heterocycles. The summed E-state index contributed by atoms with van der Waals surface area (Å²) in [6.07, 6.45) is 2.61. The molecular weight excluding hydrogens is 362 g/mol. The quantitative estimate of drug-likeness (QED) is 0.686. The standard InChI is InChI=1S/C14H21BrClNO2S/c1-4-6-9-17(11(3)5-2)20(18,19)12-7-8-14(16)13(15)10-12/h7-8,10-11H,4-6,9H2,1-3H3. The Bertz CT molecular complexity index is 548. The van der Waals surface area contributed by atoms with E-state index in [0.29, 0.717) is 16.0 Å². The van der Waals surface area contributed by atoms with E-state index in [1.807, 2.05) is 13.8 Å². The van der Waals surface area contributed by atoms with Gasteiger partial charge in [0.05, 0.1) is 9.92 Å². The minimum absolute atomic E-state index is 0.0130. The van der Waals surface area contributed by atoms with Gasteiger partial charge < -0.3 is 0 Å². The van der Waals surface area contributed by atoms with Crippen LogP contribution in [-0.2, 0) is 10.0 Å². The fourth-order valence-corrected chi connectivity index (χ4v) is 4.29. The van der Waals surface area contributed by atoms with E-state index in [9.17, 15) is 8.42 Å². The summed E-state index contributed by atoms with van der Waals surface area (Å²) in [7, 11) is -3.48. The van der Waals surface area contributed by atoms with Crippen LogP contribution in [0.1, 0.15) is 40.0 Å². The lowest BCUT2D eigenvalue weighted by Gasteiger charge is -2.27. The molecule has 1 rings (SSSR count). The lowest BCUT2D eigenvalue weighted by atomic mass is 10.2. The third kappa shape index (κ3) is 4.20. The molecule has 1 unspecified atom stereocenters. The van der Waals surface area contributed by atoms with Crippen molar-refractivity contribution in [2.45, 2.75) is 51.0 Å². The Kier molecular flexibility index (Phi) is 6.98. The van der Waals surface area contributed by atoms with E-state index >= 15 is 0 Å². The highest BCUT2D eigenvalue weighted by atomic mass is 79.9. The highest BCUT2D eigenvalue weighted by molar-refractivity contribution is 9.10. The number of rotatable bonds is 7. The number of benzene rings is 1. The van der Waals surface area contributed by atoms with Crippen LogP contribution in [0.5, 0.6) is 0 Å². The Balaban J connectivity index is 3.17. The van der Waals surface area contributed by atoms with Crippen LogP contribution >= 0.6 is 27.5 Å². The first-order chi connectivity index (χ1) is 9.34. The van der Waals surface area contributed by atoms with Gasteiger partial charge in [-0.15, -0.1) is 0 Å². The van der Waals surface area contributed by atoms with Crippen molar-refractivity contribution in [1.29, 1.82) is 0 Å². The van der Waals surface area contributed by atoms with Gasteiger partial charge >= 0.3 is 0 Å². The fraction of sp³-hybridized carbons (Fsp3) is 0.571. The van der Waals surface area contributed by atoms with Gasteiger partial charge in [0.25, 0.3) is 0 Å². The lowest BCUT2D eigenvalue weighted by molar-refractivity contribution is 0.324. The number of halogens is 2. The maximum Gasteiger partial charge on any atom is 0.243 e. The number of unbranched alkanes of at least 4 members (excludes halogenated alkanes) is 1. The molecule has 0 aromatic heterocycles. The first-order valence-electron chi connectivity index (χ1n) is 6.81. The largest absolute Gasteiger partial charge is 0.243 e. The molecule has 6 heteroatoms. The fourth-order valence-electron chi connectivity index (χ4n) is 1.87. The van der Waals surface area contributed by atoms with Crippen molar-refractivity contribution in [1.82, 2.24) is 4.31 Å². The summed E-state index contributed by atoms with van der Waals surface area (Å²) in [6, 6.07) is 4.72. The minimum Gasteiger partial charge on any atom is -0.207 e. The summed E-state index contributed by atoms with van der Waals surface area (Å²) < 4.78 is 27.7. The lowest BCUT2D eigenvalue weighted by Crippen LogP contribution is -2.39. The van der Waals surface area contributed by atoms with Crippen LogP contribution in [0, 0.1) is 0 Å². The molecule has 1 aromatic carbocycles. The Hall–Kier alpha value is -0.100. The Labute approximate surface area is 135 Å². The van der Waals surface area contributed by atoms with Crippen LogP contribution in [0.15, 0.2) is 27.6 Å². The number of nitrogens with zero attached hydrogens (tertiary/aromatic N) is 1. The summed E-state index contributed by atoms with van der Waals surface area (Å²) in [5.41, 5.74) is 0. The third-order valence-corrected chi connectivity index (χ3v) is 6.54. The van der Waals surface area contributed by atoms with Crippen LogP contribution in [0.25, 0.3) is 0 Å². The average molecular weight is 383 g/mol. The van der Waals surface area contributed by atoms with Gasteiger partial charge in [-0.25, -0.2) is 8.42 Å². The van der Waals surface area contributed by atoms with Crippen molar-refractivity contribution in [2.75, 3.05) is 6.54 Å². The van der Waals surface area contributed by atoms with E-state index in [1.54, 1.807) is 22.5 Å². The molecule has 0 aliphatic rings. The maximum absolute atomic E-state index is 12.8. The Morgan fingerprint density at radius 3 is 2.50 bits per heavy atom. The van der Waals surface area contributed by atoms with Crippen molar-refractivity contribution in [2.24, 2.45) is 0 Å². The van der Waals surface area contributed by atoms with Crippen LogP contribution in [0.4, 0.5) is 0 Å². The van der Waals surface area contributed by atoms with Crippen molar-refractivity contribution < 1.29 is 8.42 Å². The van der Waals surface area contributed by atoms with Crippen molar-refractivity contribution in [3.8, 4) is 0 Å². The minimum atomic E-state index is -3.48. The summed E-state index contributed by atoms with van der Waals surface area (Å²) in [4.78, 5) is 0.283. The monoisotopic (exact) mass is 381 g/mol. The van der Waals surface area contributed by atoms with Gasteiger partial charge in [0.1, 0.15) is 0 Å². The van der Waals surface area contributed by atoms with Crippen molar-refractivity contribution >= 4 is 37.6 Å². The van der Waals surface area contributed by atoms with Crippen molar-refractivity contribution in [3.63, 3.8) is 0 Å². The molecule has 0 spiro atoms. The zero-order valence-corrected chi connectivity index (χ0v) is 15.2. The molecule has 0 radical (unpaired) electrons. The molecule has 1 atom stereocenters. The van der Waals surface area contributed by atoms with Crippen LogP contribution < -0.4 is 0 Å². The zero-order valence-electron chi connectivity index (χ0n) is 12.1. The molecule has 3 nitrogen and oxygen atoms in total. The van der Waals surface area contributed by atoms with Gasteiger partial charge in [-0.05, 0) is 53.9 Å². The van der Waals surface area contributed by atoms with E-state index < -0.39 is 10.0 Å². The molecule has 0 N–H and O–H groups in total. The number of hydrogen-bond donors (Lipinski definition) is 0. The second-order valence-corrected chi connectivity index (χ2v) is 7.95. The Morgan fingerprint density at radius 1 is 1.35 bits per heavy atom. The smallest absolute Gasteiger partial charge is 0.207 e. The van der Waals surface area contributed by atoms with Gasteiger partial charge in [0.15, 0.2) is 0 Å². The van der Waals surface area contributed by atoms with Gasteiger partial charge in [-0.3, -0.25) is 0 Å². The first kappa shape index (κ1) is 18.0. The zero-order chi connectivity index (χ0) is 15.3. The summed E-state index contributed by atoms with van der Waals surface area (Å²) >= 11 is 9.21. The summed E-state index contributed by atoms with van der Waals surface area (Å²) in [5, 5.41) is 0.507. The SMILES string of the molecule is CCCCN(C(C)CC)S(=O)(=O)c1ccc(Cl)c(Br)c1. The predicted octanol–water partition coefficient (Wildman–Crippen LogP) is 4.69. The molecule has 114 valence electrons. The summed E-state index contributed by atoms with van der Waals surface area (Å²) in [6.45, 7) is 6.55. The molecule has 0 fully saturated rings. The molecule has 0 saturated carbocycles. The van der Waals surface area contributed by atoms with Gasteiger partial charge in [0, 0.05) is 17.1 Å². The van der Waals surface area contributed by atoms with E-state index in [-0.39, 0.29) is 10.9 Å². The second kappa shape index (κ2) is 7.78. The van der Waals surface area contributed by atoms with Crippen LogP contribution in [-0.4, -0.2) is 25.3 Å². The maximum atomic E-state index is 12.8. The molecule has 1 aromatic rings. The summed E-state index contributed by atoms with van der Waals surface area (Å²) in [5.74, 6) is 0. The van der Waals surface area contributed by atoms with Crippen molar-refractivity contribution in [3.05, 3.63) is 27.7 Å². The molecule has 0 heterocycles. The highest BCUT2D eigenvalue weighted by Gasteiger charge is 2.28. The predicted molar refractivity (Wildman–Crippen MR) is 87.7 cm³/mol. The number of sulfonamides is 1. The second-order valence-electron chi connectivity index (χ2n) is 4.80. The van der Waals surface area contributed by atoms with Gasteiger partial charge in [-0.2, -0.15) is 4.31 Å². The van der Waals surface area contributed by atoms with Crippen LogP contribution in [0.2, 0.25) is 5.02 Å². The molecule has 0 amide bonds. The van der Waals surface area contributed by atoms with Crippen LogP contribution in [0.3, 0.4) is 0 Å². The molecule has 0 bridgehead atoms. The van der Waals surface area contributed by atoms with E-state index in [4.69, 9.17) is 11.6 Å². The normalized spacial score (nSPS) is 13.7.